The van der Waals surface area contributed by atoms with Crippen LogP contribution < -0.4 is 5.32 Å². The largest absolute Gasteiger partial charge is 0.458 e. The number of aryl methyl sites for hydroxylation is 3. The molecule has 9 nitrogen and oxygen atoms in total. The smallest absolute Gasteiger partial charge is 0.239 e. The van der Waals surface area contributed by atoms with Crippen LogP contribution in [0.3, 0.4) is 0 Å². The summed E-state index contributed by atoms with van der Waals surface area (Å²) in [5, 5.41) is 7.46. The molecular weight excluding hydrogens is 430 g/mol. The molecule has 1 N–H and O–H groups in total. The zero-order valence-electron chi connectivity index (χ0n) is 19.1. The maximum absolute atomic E-state index is 12.7. The van der Waals surface area contributed by atoms with E-state index >= 15 is 0 Å². The Balaban J connectivity index is 0.00000289. The lowest BCUT2D eigenvalue weighted by molar-refractivity contribution is -0.117. The average Bonchev–Trinajstić information content (AvgIpc) is 3.41. The molecule has 0 saturated carbocycles. The lowest BCUT2D eigenvalue weighted by Crippen LogP contribution is -2.35. The minimum atomic E-state index is -0.0981. The fraction of sp³-hybridized carbons (Fsp3) is 0.455. The average molecular weight is 460 g/mol. The molecule has 32 heavy (non-hydrogen) atoms. The van der Waals surface area contributed by atoms with E-state index in [0.29, 0.717) is 35.8 Å². The number of halogens is 1. The highest BCUT2D eigenvalue weighted by atomic mass is 35.5. The lowest BCUT2D eigenvalue weighted by atomic mass is 10.2. The van der Waals surface area contributed by atoms with Crippen molar-refractivity contribution < 1.29 is 9.21 Å². The van der Waals surface area contributed by atoms with Crippen LogP contribution in [-0.4, -0.2) is 75.2 Å². The molecular formula is C22H30ClN7O2. The van der Waals surface area contributed by atoms with E-state index in [9.17, 15) is 4.79 Å². The molecule has 3 aromatic heterocycles. The SMILES string of the molecule is Cc1cc(C)n(-c2cc(NC(=O)CN3CC[C@H](N(C)C)C3)nc(-c3ccc(C)o3)n2)n1.Cl. The number of rotatable bonds is 6. The number of hydrogen-bond acceptors (Lipinski definition) is 7. The van der Waals surface area contributed by atoms with Gasteiger partial charge in [0.05, 0.1) is 12.2 Å². The fourth-order valence-corrected chi connectivity index (χ4v) is 3.90. The zero-order valence-corrected chi connectivity index (χ0v) is 19.9. The summed E-state index contributed by atoms with van der Waals surface area (Å²) in [7, 11) is 4.15. The molecule has 1 amide bonds. The van der Waals surface area contributed by atoms with E-state index in [4.69, 9.17) is 4.42 Å². The molecule has 1 fully saturated rings. The van der Waals surface area contributed by atoms with Gasteiger partial charge in [0, 0.05) is 30.9 Å². The molecule has 0 aliphatic carbocycles. The summed E-state index contributed by atoms with van der Waals surface area (Å²) in [6.07, 6.45) is 1.07. The van der Waals surface area contributed by atoms with Crippen molar-refractivity contribution in [2.75, 3.05) is 39.0 Å². The van der Waals surface area contributed by atoms with Crippen LogP contribution in [0.4, 0.5) is 5.82 Å². The van der Waals surface area contributed by atoms with Crippen LogP contribution in [0.25, 0.3) is 17.4 Å². The zero-order chi connectivity index (χ0) is 22.1. The number of carbonyl (C=O) groups excluding carboxylic acids is 1. The van der Waals surface area contributed by atoms with Crippen LogP contribution >= 0.6 is 12.4 Å². The molecule has 172 valence electrons. The molecule has 0 spiro atoms. The van der Waals surface area contributed by atoms with Crippen molar-refractivity contribution in [3.63, 3.8) is 0 Å². The van der Waals surface area contributed by atoms with E-state index in [1.54, 1.807) is 10.7 Å². The Morgan fingerprint density at radius 2 is 2.00 bits per heavy atom. The Morgan fingerprint density at radius 3 is 2.59 bits per heavy atom. The van der Waals surface area contributed by atoms with E-state index < -0.39 is 0 Å². The third kappa shape index (κ3) is 5.35. The Hall–Kier alpha value is -2.75. The molecule has 1 aliphatic heterocycles. The van der Waals surface area contributed by atoms with Crippen molar-refractivity contribution >= 4 is 24.1 Å². The van der Waals surface area contributed by atoms with Crippen LogP contribution in [0.15, 0.2) is 28.7 Å². The van der Waals surface area contributed by atoms with Gasteiger partial charge >= 0.3 is 0 Å². The molecule has 4 heterocycles. The van der Waals surface area contributed by atoms with E-state index in [1.807, 2.05) is 39.0 Å². The Labute approximate surface area is 194 Å². The summed E-state index contributed by atoms with van der Waals surface area (Å²) in [6.45, 7) is 7.89. The summed E-state index contributed by atoms with van der Waals surface area (Å²) in [4.78, 5) is 26.3. The summed E-state index contributed by atoms with van der Waals surface area (Å²) in [5.74, 6) is 2.62. The summed E-state index contributed by atoms with van der Waals surface area (Å²) < 4.78 is 7.46. The summed E-state index contributed by atoms with van der Waals surface area (Å²) >= 11 is 0. The number of likely N-dealkylation sites (tertiary alicyclic amines) is 1. The standard InChI is InChI=1S/C22H29N7O2.ClH/c1-14-10-15(2)29(26-14)20-11-19(24-22(25-20)18-7-6-16(3)31-18)23-21(30)13-28-9-8-17(12-28)27(4)5;/h6-7,10-11,17H,8-9,12-13H2,1-5H3,(H,23,24,25,30);1H/t17-;/m0./s1. The highest BCUT2D eigenvalue weighted by Crippen LogP contribution is 2.23. The van der Waals surface area contributed by atoms with Gasteiger partial charge in [0.2, 0.25) is 5.91 Å². The van der Waals surface area contributed by atoms with Gasteiger partial charge in [-0.15, -0.1) is 12.4 Å². The van der Waals surface area contributed by atoms with Crippen LogP contribution in [0.1, 0.15) is 23.6 Å². The van der Waals surface area contributed by atoms with Crippen LogP contribution in [0.2, 0.25) is 0 Å². The first-order valence-corrected chi connectivity index (χ1v) is 10.5. The highest BCUT2D eigenvalue weighted by molar-refractivity contribution is 5.91. The minimum Gasteiger partial charge on any atom is -0.458 e. The molecule has 0 unspecified atom stereocenters. The molecule has 0 bridgehead atoms. The number of amides is 1. The molecule has 1 atom stereocenters. The van der Waals surface area contributed by atoms with Gasteiger partial charge < -0.3 is 14.6 Å². The van der Waals surface area contributed by atoms with Gasteiger partial charge in [-0.05, 0) is 59.5 Å². The Morgan fingerprint density at radius 1 is 1.22 bits per heavy atom. The lowest BCUT2D eigenvalue weighted by Gasteiger charge is -2.20. The third-order valence-electron chi connectivity index (χ3n) is 5.51. The van der Waals surface area contributed by atoms with Gasteiger partial charge in [0.15, 0.2) is 17.4 Å². The van der Waals surface area contributed by atoms with Crippen LogP contribution in [-0.2, 0) is 4.79 Å². The fourth-order valence-electron chi connectivity index (χ4n) is 3.90. The van der Waals surface area contributed by atoms with Crippen molar-refractivity contribution in [2.24, 2.45) is 0 Å². The van der Waals surface area contributed by atoms with Crippen molar-refractivity contribution in [3.05, 3.63) is 41.4 Å². The summed E-state index contributed by atoms with van der Waals surface area (Å²) in [5.41, 5.74) is 1.84. The van der Waals surface area contributed by atoms with Crippen LogP contribution in [0.5, 0.6) is 0 Å². The second kappa shape index (κ2) is 9.81. The first-order chi connectivity index (χ1) is 14.8. The molecule has 0 radical (unpaired) electrons. The number of hydrogen-bond donors (Lipinski definition) is 1. The van der Waals surface area contributed by atoms with Crippen molar-refractivity contribution in [1.29, 1.82) is 0 Å². The topological polar surface area (TPSA) is 92.3 Å². The maximum Gasteiger partial charge on any atom is 0.239 e. The Kier molecular flexibility index (Phi) is 7.33. The molecule has 10 heteroatoms. The number of aromatic nitrogens is 4. The van der Waals surface area contributed by atoms with E-state index in [0.717, 1.165) is 36.7 Å². The first kappa shape index (κ1) is 23.9. The van der Waals surface area contributed by atoms with Gasteiger partial charge in [-0.1, -0.05) is 0 Å². The molecule has 3 aromatic rings. The van der Waals surface area contributed by atoms with Crippen molar-refractivity contribution in [2.45, 2.75) is 33.2 Å². The predicted octanol–water partition coefficient (Wildman–Crippen LogP) is 2.84. The third-order valence-corrected chi connectivity index (χ3v) is 5.51. The van der Waals surface area contributed by atoms with Gasteiger partial charge in [-0.3, -0.25) is 9.69 Å². The molecule has 0 aromatic carbocycles. The monoisotopic (exact) mass is 459 g/mol. The number of nitrogens with one attached hydrogen (secondary N) is 1. The number of anilines is 1. The van der Waals surface area contributed by atoms with Gasteiger partial charge in [-0.25, -0.2) is 14.6 Å². The second-order valence-electron chi connectivity index (χ2n) is 8.37. The minimum absolute atomic E-state index is 0. The highest BCUT2D eigenvalue weighted by Gasteiger charge is 2.25. The normalized spacial score (nSPS) is 16.4. The Bertz CT molecular complexity index is 1090. The predicted molar refractivity (Wildman–Crippen MR) is 125 cm³/mol. The first-order valence-electron chi connectivity index (χ1n) is 10.5. The van der Waals surface area contributed by atoms with Crippen molar-refractivity contribution in [3.8, 4) is 17.4 Å². The number of nitrogens with zero attached hydrogens (tertiary/aromatic N) is 6. The molecule has 1 saturated heterocycles. The quantitative estimate of drug-likeness (QED) is 0.605. The second-order valence-corrected chi connectivity index (χ2v) is 8.37. The van der Waals surface area contributed by atoms with Gasteiger partial charge in [0.25, 0.3) is 0 Å². The maximum atomic E-state index is 12.7. The molecule has 1 aliphatic rings. The van der Waals surface area contributed by atoms with Crippen molar-refractivity contribution in [1.82, 2.24) is 29.5 Å². The number of likely N-dealkylation sites (N-methyl/N-ethyl adjacent to an activating group) is 1. The number of carbonyl (C=O) groups is 1. The van der Waals surface area contributed by atoms with Gasteiger partial charge in [0.1, 0.15) is 11.6 Å². The molecule has 4 rings (SSSR count). The number of furan rings is 1. The van der Waals surface area contributed by atoms with E-state index in [-0.39, 0.29) is 18.3 Å². The van der Waals surface area contributed by atoms with Gasteiger partial charge in [-0.2, -0.15) is 5.10 Å². The summed E-state index contributed by atoms with van der Waals surface area (Å²) in [6, 6.07) is 7.89. The van der Waals surface area contributed by atoms with E-state index in [2.05, 4.69) is 44.3 Å². The van der Waals surface area contributed by atoms with E-state index in [1.165, 1.54) is 0 Å². The van der Waals surface area contributed by atoms with Crippen LogP contribution in [0, 0.1) is 20.8 Å².